The van der Waals surface area contributed by atoms with Gasteiger partial charge in [0.05, 0.1) is 6.10 Å². The van der Waals surface area contributed by atoms with Gasteiger partial charge in [-0.3, -0.25) is 4.18 Å². The maximum Gasteiger partial charge on any atom is 0.336 e. The van der Waals surface area contributed by atoms with Gasteiger partial charge in [0.25, 0.3) is 0 Å². The number of nitrogens with one attached hydrogen (secondary N) is 1. The Morgan fingerprint density at radius 2 is 2.08 bits per heavy atom. The lowest BCUT2D eigenvalue weighted by Crippen LogP contribution is -2.28. The van der Waals surface area contributed by atoms with Gasteiger partial charge in [0, 0.05) is 6.04 Å². The summed E-state index contributed by atoms with van der Waals surface area (Å²) in [5, 5.41) is 0. The molecule has 0 radical (unpaired) electrons. The van der Waals surface area contributed by atoms with Crippen LogP contribution < -0.4 is 4.72 Å². The van der Waals surface area contributed by atoms with Gasteiger partial charge in [0.1, 0.15) is 0 Å². The molecule has 1 rings (SSSR count). The number of hydrogen-bond acceptors (Lipinski definition) is 3. The standard InChI is InChI=1S/C7H15NO3S/c1-5(2)4-7-6(3)8-12(9,10)11-7/h5-8H,4H2,1-3H3. The predicted molar refractivity (Wildman–Crippen MR) is 45.8 cm³/mol. The summed E-state index contributed by atoms with van der Waals surface area (Å²) in [5.74, 6) is 0.451. The highest BCUT2D eigenvalue weighted by Gasteiger charge is 2.34. The summed E-state index contributed by atoms with van der Waals surface area (Å²) in [4.78, 5) is 0. The molecule has 72 valence electrons. The Morgan fingerprint density at radius 1 is 1.50 bits per heavy atom. The van der Waals surface area contributed by atoms with E-state index in [2.05, 4.69) is 4.72 Å². The van der Waals surface area contributed by atoms with E-state index in [4.69, 9.17) is 4.18 Å². The first-order chi connectivity index (χ1) is 5.41. The maximum atomic E-state index is 10.9. The SMILES string of the molecule is CC(C)CC1OS(=O)(=O)NC1C. The first kappa shape index (κ1) is 9.95. The molecule has 0 aromatic rings. The molecule has 2 unspecified atom stereocenters. The van der Waals surface area contributed by atoms with Crippen molar-refractivity contribution in [3.8, 4) is 0 Å². The number of rotatable bonds is 2. The molecule has 0 aliphatic carbocycles. The highest BCUT2D eigenvalue weighted by Crippen LogP contribution is 2.19. The Bertz CT molecular complexity index is 247. The third-order valence-electron chi connectivity index (χ3n) is 1.84. The predicted octanol–water partition coefficient (Wildman–Crippen LogP) is 0.654. The van der Waals surface area contributed by atoms with Crippen molar-refractivity contribution in [3.63, 3.8) is 0 Å². The van der Waals surface area contributed by atoms with Crippen molar-refractivity contribution < 1.29 is 12.6 Å². The van der Waals surface area contributed by atoms with E-state index in [1.807, 2.05) is 20.8 Å². The van der Waals surface area contributed by atoms with Crippen LogP contribution in [0.5, 0.6) is 0 Å². The molecule has 0 spiro atoms. The molecule has 0 aromatic heterocycles. The zero-order chi connectivity index (χ0) is 9.35. The van der Waals surface area contributed by atoms with E-state index in [0.717, 1.165) is 6.42 Å². The van der Waals surface area contributed by atoms with Crippen LogP contribution in [-0.4, -0.2) is 20.6 Å². The van der Waals surface area contributed by atoms with Crippen LogP contribution in [-0.2, 0) is 14.5 Å². The van der Waals surface area contributed by atoms with Gasteiger partial charge < -0.3 is 0 Å². The molecule has 1 aliphatic rings. The first-order valence-electron chi connectivity index (χ1n) is 4.11. The zero-order valence-corrected chi connectivity index (χ0v) is 8.39. The minimum atomic E-state index is -3.44. The molecule has 1 N–H and O–H groups in total. The van der Waals surface area contributed by atoms with Crippen molar-refractivity contribution in [1.82, 2.24) is 4.72 Å². The van der Waals surface area contributed by atoms with E-state index in [9.17, 15) is 8.42 Å². The van der Waals surface area contributed by atoms with Crippen molar-refractivity contribution in [2.45, 2.75) is 39.3 Å². The van der Waals surface area contributed by atoms with Gasteiger partial charge in [-0.25, -0.2) is 0 Å². The molecule has 0 aromatic carbocycles. The molecule has 0 amide bonds. The van der Waals surface area contributed by atoms with Gasteiger partial charge >= 0.3 is 10.3 Å². The normalized spacial score (nSPS) is 34.3. The van der Waals surface area contributed by atoms with Crippen LogP contribution in [0.1, 0.15) is 27.2 Å². The Balaban J connectivity index is 2.58. The second kappa shape index (κ2) is 3.32. The molecule has 0 bridgehead atoms. The molecule has 5 heteroatoms. The van der Waals surface area contributed by atoms with E-state index in [0.29, 0.717) is 5.92 Å². The Morgan fingerprint density at radius 3 is 2.42 bits per heavy atom. The monoisotopic (exact) mass is 193 g/mol. The molecular weight excluding hydrogens is 178 g/mol. The molecule has 12 heavy (non-hydrogen) atoms. The van der Waals surface area contributed by atoms with Crippen LogP contribution in [0, 0.1) is 5.92 Å². The highest BCUT2D eigenvalue weighted by atomic mass is 32.2. The fourth-order valence-electron chi connectivity index (χ4n) is 1.29. The van der Waals surface area contributed by atoms with Gasteiger partial charge in [0.15, 0.2) is 0 Å². The summed E-state index contributed by atoms with van der Waals surface area (Å²) in [6, 6.07) is -0.0996. The largest absolute Gasteiger partial charge is 0.336 e. The molecule has 1 heterocycles. The van der Waals surface area contributed by atoms with Gasteiger partial charge in [-0.05, 0) is 19.3 Å². The molecular formula is C7H15NO3S. The van der Waals surface area contributed by atoms with Crippen LogP contribution in [0.4, 0.5) is 0 Å². The summed E-state index contributed by atoms with van der Waals surface area (Å²) in [7, 11) is -3.44. The molecule has 0 saturated carbocycles. The summed E-state index contributed by atoms with van der Waals surface area (Å²) in [5.41, 5.74) is 0. The second-order valence-corrected chi connectivity index (χ2v) is 4.96. The fourth-order valence-corrected chi connectivity index (χ4v) is 2.52. The van der Waals surface area contributed by atoms with Crippen molar-refractivity contribution in [2.24, 2.45) is 5.92 Å². The molecule has 1 fully saturated rings. The second-order valence-electron chi connectivity index (χ2n) is 3.62. The Labute approximate surface area is 73.6 Å². The zero-order valence-electron chi connectivity index (χ0n) is 7.57. The quantitative estimate of drug-likeness (QED) is 0.700. The van der Waals surface area contributed by atoms with Gasteiger partial charge in [-0.15, -0.1) is 0 Å². The minimum Gasteiger partial charge on any atom is -0.253 e. The summed E-state index contributed by atoms with van der Waals surface area (Å²) < 4.78 is 29.0. The average Bonchev–Trinajstić information content (AvgIpc) is 2.03. The number of hydrogen-bond donors (Lipinski definition) is 1. The highest BCUT2D eigenvalue weighted by molar-refractivity contribution is 7.85. The third kappa shape index (κ3) is 2.43. The summed E-state index contributed by atoms with van der Waals surface area (Å²) in [6.45, 7) is 5.90. The average molecular weight is 193 g/mol. The third-order valence-corrected chi connectivity index (χ3v) is 3.00. The lowest BCUT2D eigenvalue weighted by Gasteiger charge is -2.13. The lowest BCUT2D eigenvalue weighted by molar-refractivity contribution is 0.190. The van der Waals surface area contributed by atoms with E-state index in [1.165, 1.54) is 0 Å². The van der Waals surface area contributed by atoms with Crippen molar-refractivity contribution in [1.29, 1.82) is 0 Å². The lowest BCUT2D eigenvalue weighted by atomic mass is 10.0. The van der Waals surface area contributed by atoms with E-state index in [1.54, 1.807) is 0 Å². The molecule has 2 atom stereocenters. The van der Waals surface area contributed by atoms with E-state index >= 15 is 0 Å². The smallest absolute Gasteiger partial charge is 0.253 e. The fraction of sp³-hybridized carbons (Fsp3) is 1.00. The maximum absolute atomic E-state index is 10.9. The van der Waals surface area contributed by atoms with Crippen molar-refractivity contribution in [2.75, 3.05) is 0 Å². The molecule has 4 nitrogen and oxygen atoms in total. The van der Waals surface area contributed by atoms with Crippen LogP contribution >= 0.6 is 0 Å². The Hall–Kier alpha value is -0.130. The Kier molecular flexibility index (Phi) is 2.75. The van der Waals surface area contributed by atoms with E-state index < -0.39 is 10.3 Å². The van der Waals surface area contributed by atoms with Crippen molar-refractivity contribution >= 4 is 10.3 Å². The van der Waals surface area contributed by atoms with Crippen LogP contribution in [0.2, 0.25) is 0 Å². The first-order valence-corrected chi connectivity index (χ1v) is 5.52. The van der Waals surface area contributed by atoms with Crippen LogP contribution in [0.25, 0.3) is 0 Å². The van der Waals surface area contributed by atoms with Gasteiger partial charge in [0.2, 0.25) is 0 Å². The summed E-state index contributed by atoms with van der Waals surface area (Å²) in [6.07, 6.45) is 0.572. The van der Waals surface area contributed by atoms with Crippen LogP contribution in [0.15, 0.2) is 0 Å². The summed E-state index contributed by atoms with van der Waals surface area (Å²) >= 11 is 0. The van der Waals surface area contributed by atoms with E-state index in [-0.39, 0.29) is 12.1 Å². The van der Waals surface area contributed by atoms with Gasteiger partial charge in [-0.1, -0.05) is 13.8 Å². The molecule has 1 saturated heterocycles. The van der Waals surface area contributed by atoms with Gasteiger partial charge in [-0.2, -0.15) is 13.1 Å². The molecule has 1 aliphatic heterocycles. The minimum absolute atomic E-state index is 0.0996. The van der Waals surface area contributed by atoms with Crippen LogP contribution in [0.3, 0.4) is 0 Å². The topological polar surface area (TPSA) is 55.4 Å². The van der Waals surface area contributed by atoms with Crippen molar-refractivity contribution in [3.05, 3.63) is 0 Å².